The molecule has 6 rings (SSSR count). The van der Waals surface area contributed by atoms with Gasteiger partial charge in [0.2, 0.25) is 0 Å². The number of hydrogen-bond donors (Lipinski definition) is 0. The van der Waals surface area contributed by atoms with E-state index in [1.54, 1.807) is 28.9 Å². The molecule has 8 heteroatoms. The summed E-state index contributed by atoms with van der Waals surface area (Å²) in [6.07, 6.45) is 1.80. The zero-order valence-corrected chi connectivity index (χ0v) is 18.8. The molecule has 1 saturated heterocycles. The summed E-state index contributed by atoms with van der Waals surface area (Å²) in [7, 11) is 0. The Labute approximate surface area is 192 Å². The molecule has 158 valence electrons. The lowest BCUT2D eigenvalue weighted by Gasteiger charge is -2.34. The number of amides is 1. The van der Waals surface area contributed by atoms with E-state index in [0.29, 0.717) is 13.1 Å². The van der Waals surface area contributed by atoms with Gasteiger partial charge < -0.3 is 9.80 Å². The normalized spacial score (nSPS) is 14.4. The smallest absolute Gasteiger partial charge is 0.254 e. The quantitative estimate of drug-likeness (QED) is 0.384. The van der Waals surface area contributed by atoms with E-state index >= 15 is 0 Å². The van der Waals surface area contributed by atoms with Crippen molar-refractivity contribution in [3.8, 4) is 10.6 Å². The number of thiophene rings is 1. The molecule has 0 bridgehead atoms. The molecule has 1 amide bonds. The Bertz CT molecular complexity index is 1390. The second kappa shape index (κ2) is 7.96. The fourth-order valence-electron chi connectivity index (χ4n) is 4.07. The van der Waals surface area contributed by atoms with Crippen LogP contribution in [0.25, 0.3) is 31.8 Å². The van der Waals surface area contributed by atoms with E-state index in [1.807, 2.05) is 64.9 Å². The molecule has 1 aliphatic rings. The molecule has 0 atom stereocenters. The number of benzene rings is 1. The maximum atomic E-state index is 13.6. The Morgan fingerprint density at radius 3 is 2.56 bits per heavy atom. The number of pyridine rings is 2. The molecule has 0 radical (unpaired) electrons. The van der Waals surface area contributed by atoms with Crippen LogP contribution in [0.5, 0.6) is 0 Å². The summed E-state index contributed by atoms with van der Waals surface area (Å²) in [6, 6.07) is 17.8. The zero-order chi connectivity index (χ0) is 21.5. The summed E-state index contributed by atoms with van der Waals surface area (Å²) in [5.74, 6) is 0.0621. The molecule has 0 aliphatic carbocycles. The van der Waals surface area contributed by atoms with Gasteiger partial charge in [-0.25, -0.2) is 15.0 Å². The van der Waals surface area contributed by atoms with Gasteiger partial charge in [-0.2, -0.15) is 0 Å². The van der Waals surface area contributed by atoms with Crippen LogP contribution in [0, 0.1) is 0 Å². The number of carbonyl (C=O) groups is 1. The first-order chi connectivity index (χ1) is 15.8. The number of aromatic nitrogens is 3. The number of carbonyl (C=O) groups excluding carboxylic acids is 1. The number of para-hydroxylation sites is 1. The number of rotatable bonds is 3. The van der Waals surface area contributed by atoms with E-state index < -0.39 is 0 Å². The van der Waals surface area contributed by atoms with E-state index in [9.17, 15) is 4.79 Å². The van der Waals surface area contributed by atoms with Gasteiger partial charge in [-0.15, -0.1) is 11.3 Å². The number of nitrogens with zero attached hydrogens (tertiary/aromatic N) is 5. The molecule has 5 heterocycles. The highest BCUT2D eigenvalue weighted by atomic mass is 32.1. The van der Waals surface area contributed by atoms with E-state index in [2.05, 4.69) is 9.88 Å². The molecule has 6 nitrogen and oxygen atoms in total. The van der Waals surface area contributed by atoms with Gasteiger partial charge in [0.1, 0.15) is 10.3 Å². The topological polar surface area (TPSA) is 62.2 Å². The third-order valence-electron chi connectivity index (χ3n) is 5.71. The summed E-state index contributed by atoms with van der Waals surface area (Å²) in [5.41, 5.74) is 3.34. The van der Waals surface area contributed by atoms with Crippen LogP contribution in [0.3, 0.4) is 0 Å². The Balaban J connectivity index is 1.27. The Morgan fingerprint density at radius 1 is 0.906 bits per heavy atom. The van der Waals surface area contributed by atoms with Crippen molar-refractivity contribution < 1.29 is 4.79 Å². The average Bonchev–Trinajstić information content (AvgIpc) is 3.53. The van der Waals surface area contributed by atoms with Crippen LogP contribution >= 0.6 is 22.7 Å². The molecule has 0 unspecified atom stereocenters. The fraction of sp³-hybridized carbons (Fsp3) is 0.167. The van der Waals surface area contributed by atoms with Gasteiger partial charge in [0.15, 0.2) is 5.13 Å². The van der Waals surface area contributed by atoms with E-state index in [4.69, 9.17) is 9.97 Å². The van der Waals surface area contributed by atoms with Crippen molar-refractivity contribution in [2.24, 2.45) is 0 Å². The third kappa shape index (κ3) is 3.41. The minimum Gasteiger partial charge on any atom is -0.344 e. The minimum atomic E-state index is 0.0621. The molecule has 0 saturated carbocycles. The standard InChI is InChI=1S/C24H19N5OS2/c30-23(17-15-20(21-8-4-14-31-21)26-18-6-2-1-5-16(17)18)28-10-12-29(13-11-28)24-27-19-7-3-9-25-22(19)32-24/h1-9,14-15H,10-13H2. The largest absolute Gasteiger partial charge is 0.344 e. The molecule has 1 aliphatic heterocycles. The van der Waals surface area contributed by atoms with E-state index in [-0.39, 0.29) is 5.91 Å². The van der Waals surface area contributed by atoms with Crippen LogP contribution in [0.4, 0.5) is 5.13 Å². The number of anilines is 1. The molecule has 1 aromatic carbocycles. The lowest BCUT2D eigenvalue weighted by Crippen LogP contribution is -2.48. The average molecular weight is 458 g/mol. The number of thiazole rings is 1. The predicted octanol–water partition coefficient (Wildman–Crippen LogP) is 4.93. The van der Waals surface area contributed by atoms with Crippen molar-refractivity contribution in [1.82, 2.24) is 19.9 Å². The Morgan fingerprint density at radius 2 is 1.75 bits per heavy atom. The second-order valence-corrected chi connectivity index (χ2v) is 9.56. The summed E-state index contributed by atoms with van der Waals surface area (Å²) < 4.78 is 0. The van der Waals surface area contributed by atoms with Crippen LogP contribution in [0.1, 0.15) is 10.4 Å². The maximum absolute atomic E-state index is 13.6. The van der Waals surface area contributed by atoms with Crippen molar-refractivity contribution >= 4 is 55.0 Å². The fourth-order valence-corrected chi connectivity index (χ4v) is 5.71. The van der Waals surface area contributed by atoms with Gasteiger partial charge in [0.25, 0.3) is 5.91 Å². The molecule has 5 aromatic rings. The molecule has 32 heavy (non-hydrogen) atoms. The lowest BCUT2D eigenvalue weighted by atomic mass is 10.1. The summed E-state index contributed by atoms with van der Waals surface area (Å²) in [5, 5.41) is 3.91. The predicted molar refractivity (Wildman–Crippen MR) is 131 cm³/mol. The van der Waals surface area contributed by atoms with Gasteiger partial charge >= 0.3 is 0 Å². The highest BCUT2D eigenvalue weighted by Crippen LogP contribution is 2.30. The van der Waals surface area contributed by atoms with Crippen molar-refractivity contribution in [3.05, 3.63) is 71.7 Å². The highest BCUT2D eigenvalue weighted by molar-refractivity contribution is 7.21. The summed E-state index contributed by atoms with van der Waals surface area (Å²) in [4.78, 5) is 33.7. The van der Waals surface area contributed by atoms with Crippen molar-refractivity contribution in [2.75, 3.05) is 31.1 Å². The third-order valence-corrected chi connectivity index (χ3v) is 7.65. The van der Waals surface area contributed by atoms with Gasteiger partial charge in [-0.3, -0.25) is 4.79 Å². The first-order valence-corrected chi connectivity index (χ1v) is 12.2. The van der Waals surface area contributed by atoms with Crippen LogP contribution in [-0.2, 0) is 0 Å². The molecular formula is C24H19N5OS2. The van der Waals surface area contributed by atoms with E-state index in [1.165, 1.54) is 0 Å². The molecule has 4 aromatic heterocycles. The SMILES string of the molecule is O=C(c1cc(-c2cccs2)nc2ccccc12)N1CCN(c2nc3cccnc3s2)CC1. The zero-order valence-electron chi connectivity index (χ0n) is 17.1. The monoisotopic (exact) mass is 457 g/mol. The lowest BCUT2D eigenvalue weighted by molar-refractivity contribution is 0.0748. The number of fused-ring (bicyclic) bond motifs is 2. The van der Waals surface area contributed by atoms with Gasteiger partial charge in [-0.05, 0) is 35.7 Å². The van der Waals surface area contributed by atoms with Crippen molar-refractivity contribution in [1.29, 1.82) is 0 Å². The van der Waals surface area contributed by atoms with Gasteiger partial charge in [-0.1, -0.05) is 35.6 Å². The van der Waals surface area contributed by atoms with Crippen LogP contribution < -0.4 is 4.90 Å². The second-order valence-electron chi connectivity index (χ2n) is 7.65. The minimum absolute atomic E-state index is 0.0621. The summed E-state index contributed by atoms with van der Waals surface area (Å²) in [6.45, 7) is 2.83. The first-order valence-electron chi connectivity index (χ1n) is 10.5. The number of piperazine rings is 1. The first kappa shape index (κ1) is 19.3. The van der Waals surface area contributed by atoms with Crippen LogP contribution in [0.15, 0.2) is 66.2 Å². The van der Waals surface area contributed by atoms with Crippen LogP contribution in [0.2, 0.25) is 0 Å². The van der Waals surface area contributed by atoms with Crippen molar-refractivity contribution in [3.63, 3.8) is 0 Å². The Kier molecular flexibility index (Phi) is 4.81. The molecular weight excluding hydrogens is 438 g/mol. The number of hydrogen-bond acceptors (Lipinski definition) is 7. The van der Waals surface area contributed by atoms with Gasteiger partial charge in [0.05, 0.1) is 21.7 Å². The molecule has 0 spiro atoms. The molecule has 0 N–H and O–H groups in total. The van der Waals surface area contributed by atoms with Crippen LogP contribution in [-0.4, -0.2) is 51.9 Å². The van der Waals surface area contributed by atoms with E-state index in [0.717, 1.165) is 55.6 Å². The maximum Gasteiger partial charge on any atom is 0.254 e. The Hall–Kier alpha value is -3.36. The highest BCUT2D eigenvalue weighted by Gasteiger charge is 2.26. The molecule has 1 fully saturated rings. The van der Waals surface area contributed by atoms with Crippen molar-refractivity contribution in [2.45, 2.75) is 0 Å². The summed E-state index contributed by atoms with van der Waals surface area (Å²) >= 11 is 3.24. The van der Waals surface area contributed by atoms with Gasteiger partial charge in [0, 0.05) is 37.8 Å².